The SMILES string of the molecule is C#CC(N)(N)N1C2c3ccccc3CC2OS1(=O)=O. The summed E-state index contributed by atoms with van der Waals surface area (Å²) < 4.78 is 30.1. The molecule has 4 N–H and O–H groups in total. The lowest BCUT2D eigenvalue weighted by Gasteiger charge is -2.31. The highest BCUT2D eigenvalue weighted by Crippen LogP contribution is 2.46. The van der Waals surface area contributed by atoms with Gasteiger partial charge in [0.05, 0.1) is 6.04 Å². The van der Waals surface area contributed by atoms with Crippen LogP contribution in [0.5, 0.6) is 0 Å². The van der Waals surface area contributed by atoms with E-state index in [1.54, 1.807) is 0 Å². The fourth-order valence-corrected chi connectivity index (χ4v) is 4.25. The molecule has 1 aliphatic carbocycles. The van der Waals surface area contributed by atoms with Crippen molar-refractivity contribution in [3.05, 3.63) is 35.4 Å². The molecule has 1 aromatic carbocycles. The number of terminal acetylenes is 1. The van der Waals surface area contributed by atoms with Gasteiger partial charge in [0.25, 0.3) is 0 Å². The Hall–Kier alpha value is -1.43. The second-order valence-electron chi connectivity index (χ2n) is 4.71. The molecule has 0 spiro atoms. The van der Waals surface area contributed by atoms with E-state index in [1.165, 1.54) is 0 Å². The van der Waals surface area contributed by atoms with Crippen LogP contribution < -0.4 is 11.5 Å². The molecule has 0 saturated carbocycles. The predicted octanol–water partition coefficient (Wildman–Crippen LogP) is -0.566. The third-order valence-corrected chi connectivity index (χ3v) is 4.98. The Morgan fingerprint density at radius 2 is 2.11 bits per heavy atom. The van der Waals surface area contributed by atoms with Crippen LogP contribution in [0, 0.1) is 12.3 Å². The molecule has 2 aliphatic rings. The van der Waals surface area contributed by atoms with Crippen LogP contribution in [0.3, 0.4) is 0 Å². The number of fused-ring (bicyclic) bond motifs is 3. The Morgan fingerprint density at radius 1 is 1.42 bits per heavy atom. The van der Waals surface area contributed by atoms with Gasteiger partial charge < -0.3 is 0 Å². The van der Waals surface area contributed by atoms with Crippen molar-refractivity contribution < 1.29 is 12.6 Å². The van der Waals surface area contributed by atoms with Crippen molar-refractivity contribution in [1.82, 2.24) is 4.31 Å². The zero-order valence-electron chi connectivity index (χ0n) is 9.98. The van der Waals surface area contributed by atoms with Gasteiger partial charge in [0.2, 0.25) is 5.79 Å². The van der Waals surface area contributed by atoms with Crippen LogP contribution in [-0.2, 0) is 20.9 Å². The lowest BCUT2D eigenvalue weighted by molar-refractivity contribution is 0.175. The quantitative estimate of drug-likeness (QED) is 0.530. The summed E-state index contributed by atoms with van der Waals surface area (Å²) in [5, 5.41) is 0. The Balaban J connectivity index is 2.16. The van der Waals surface area contributed by atoms with Gasteiger partial charge in [-0.05, 0) is 11.1 Å². The van der Waals surface area contributed by atoms with Crippen LogP contribution in [0.15, 0.2) is 24.3 Å². The first kappa shape index (κ1) is 12.6. The number of nitrogens with two attached hydrogens (primary N) is 2. The molecule has 0 amide bonds. The van der Waals surface area contributed by atoms with Gasteiger partial charge in [-0.15, -0.1) is 10.7 Å². The Labute approximate surface area is 111 Å². The average Bonchev–Trinajstić information content (AvgIpc) is 2.79. The molecule has 100 valence electrons. The van der Waals surface area contributed by atoms with Gasteiger partial charge in [-0.1, -0.05) is 30.2 Å². The van der Waals surface area contributed by atoms with Crippen molar-refractivity contribution in [3.8, 4) is 12.3 Å². The van der Waals surface area contributed by atoms with Crippen molar-refractivity contribution in [2.75, 3.05) is 0 Å². The molecule has 2 atom stereocenters. The Kier molecular flexibility index (Phi) is 2.51. The highest BCUT2D eigenvalue weighted by atomic mass is 32.2. The zero-order valence-corrected chi connectivity index (χ0v) is 10.8. The molecule has 2 unspecified atom stereocenters. The molecule has 1 fully saturated rings. The van der Waals surface area contributed by atoms with Crippen molar-refractivity contribution in [1.29, 1.82) is 0 Å². The topological polar surface area (TPSA) is 98.7 Å². The van der Waals surface area contributed by atoms with E-state index in [0.29, 0.717) is 6.42 Å². The normalized spacial score (nSPS) is 28.7. The molecule has 3 rings (SSSR count). The predicted molar refractivity (Wildman–Crippen MR) is 68.5 cm³/mol. The Bertz CT molecular complexity index is 678. The summed E-state index contributed by atoms with van der Waals surface area (Å²) in [6.07, 6.45) is 5.22. The summed E-state index contributed by atoms with van der Waals surface area (Å²) >= 11 is 0. The minimum atomic E-state index is -4.02. The fraction of sp³-hybridized carbons (Fsp3) is 0.333. The number of hydrogen-bond acceptors (Lipinski definition) is 5. The first-order valence-corrected chi connectivity index (χ1v) is 7.09. The first-order chi connectivity index (χ1) is 8.87. The zero-order chi connectivity index (χ0) is 13.8. The van der Waals surface area contributed by atoms with E-state index in [-0.39, 0.29) is 0 Å². The summed E-state index contributed by atoms with van der Waals surface area (Å²) in [6, 6.07) is 6.91. The fourth-order valence-electron chi connectivity index (χ4n) is 2.72. The van der Waals surface area contributed by atoms with E-state index in [9.17, 15) is 8.42 Å². The molecule has 0 radical (unpaired) electrons. The van der Waals surface area contributed by atoms with Crippen LogP contribution in [0.1, 0.15) is 17.2 Å². The number of rotatable bonds is 1. The van der Waals surface area contributed by atoms with Gasteiger partial charge in [-0.2, -0.15) is 8.42 Å². The molecule has 0 bridgehead atoms. The minimum absolute atomic E-state index is 0.497. The minimum Gasteiger partial charge on any atom is -0.289 e. The maximum atomic E-state index is 12.0. The van der Waals surface area contributed by atoms with E-state index in [2.05, 4.69) is 5.92 Å². The van der Waals surface area contributed by atoms with E-state index in [1.807, 2.05) is 24.3 Å². The molecule has 1 aromatic rings. The van der Waals surface area contributed by atoms with E-state index in [0.717, 1.165) is 15.4 Å². The van der Waals surface area contributed by atoms with Crippen LogP contribution in [0.2, 0.25) is 0 Å². The molecule has 7 heteroatoms. The number of benzene rings is 1. The van der Waals surface area contributed by atoms with Crippen LogP contribution in [-0.4, -0.2) is 24.6 Å². The molecule has 1 heterocycles. The van der Waals surface area contributed by atoms with Gasteiger partial charge in [0.15, 0.2) is 0 Å². The highest BCUT2D eigenvalue weighted by molar-refractivity contribution is 7.84. The van der Waals surface area contributed by atoms with E-state index in [4.69, 9.17) is 22.1 Å². The maximum absolute atomic E-state index is 12.0. The summed E-state index contributed by atoms with van der Waals surface area (Å²) in [5.41, 5.74) is 13.3. The summed E-state index contributed by atoms with van der Waals surface area (Å²) in [7, 11) is -4.02. The molecular weight excluding hydrogens is 266 g/mol. The monoisotopic (exact) mass is 279 g/mol. The highest BCUT2D eigenvalue weighted by Gasteiger charge is 2.56. The molecule has 19 heavy (non-hydrogen) atoms. The molecule has 1 saturated heterocycles. The lowest BCUT2D eigenvalue weighted by atomic mass is 10.1. The summed E-state index contributed by atoms with van der Waals surface area (Å²) in [6.45, 7) is 0. The molecule has 0 aromatic heterocycles. The lowest BCUT2D eigenvalue weighted by Crippen LogP contribution is -2.63. The number of hydrogen-bond donors (Lipinski definition) is 2. The smallest absolute Gasteiger partial charge is 0.289 e. The number of nitrogens with zero attached hydrogens (tertiary/aromatic N) is 1. The molecular formula is C12H13N3O3S. The van der Waals surface area contributed by atoms with Crippen LogP contribution in [0.25, 0.3) is 0 Å². The van der Waals surface area contributed by atoms with Crippen molar-refractivity contribution in [3.63, 3.8) is 0 Å². The van der Waals surface area contributed by atoms with Crippen LogP contribution >= 0.6 is 0 Å². The molecule has 1 aliphatic heterocycles. The van der Waals surface area contributed by atoms with Crippen molar-refractivity contribution >= 4 is 10.3 Å². The second-order valence-corrected chi connectivity index (χ2v) is 6.15. The van der Waals surface area contributed by atoms with Gasteiger partial charge in [0, 0.05) is 6.42 Å². The van der Waals surface area contributed by atoms with Gasteiger partial charge in [-0.25, -0.2) is 0 Å². The Morgan fingerprint density at radius 3 is 2.79 bits per heavy atom. The summed E-state index contributed by atoms with van der Waals surface area (Å²) in [5.74, 6) is 0.198. The second kappa shape index (κ2) is 3.79. The van der Waals surface area contributed by atoms with Gasteiger partial charge in [0.1, 0.15) is 6.10 Å². The summed E-state index contributed by atoms with van der Waals surface area (Å²) in [4.78, 5) is 0. The average molecular weight is 279 g/mol. The van der Waals surface area contributed by atoms with Crippen LogP contribution in [0.4, 0.5) is 0 Å². The van der Waals surface area contributed by atoms with Crippen molar-refractivity contribution in [2.24, 2.45) is 11.5 Å². The third kappa shape index (κ3) is 1.69. The first-order valence-electron chi connectivity index (χ1n) is 5.73. The maximum Gasteiger partial charge on any atom is 0.342 e. The third-order valence-electron chi connectivity index (χ3n) is 3.48. The van der Waals surface area contributed by atoms with E-state index < -0.39 is 28.2 Å². The largest absolute Gasteiger partial charge is 0.342 e. The molecule has 6 nitrogen and oxygen atoms in total. The van der Waals surface area contributed by atoms with Crippen molar-refractivity contribution in [2.45, 2.75) is 24.4 Å². The standard InChI is InChI=1S/C12H13N3O3S/c1-2-12(13,14)15-11-9-6-4-3-5-8(9)7-10(11)18-19(15,16)17/h1,3-6,10-11H,7,13-14H2. The van der Waals surface area contributed by atoms with Gasteiger partial charge in [-0.3, -0.25) is 15.7 Å². The van der Waals surface area contributed by atoms with E-state index >= 15 is 0 Å². The van der Waals surface area contributed by atoms with Gasteiger partial charge >= 0.3 is 10.3 Å².